The minimum absolute atomic E-state index is 0.288. The van der Waals surface area contributed by atoms with E-state index in [1.165, 1.54) is 5.56 Å². The van der Waals surface area contributed by atoms with Crippen molar-refractivity contribution in [2.75, 3.05) is 18.5 Å². The van der Waals surface area contributed by atoms with E-state index in [1.54, 1.807) is 6.07 Å². The van der Waals surface area contributed by atoms with Crippen molar-refractivity contribution in [1.82, 2.24) is 14.5 Å². The van der Waals surface area contributed by atoms with Crippen LogP contribution in [-0.2, 0) is 11.3 Å². The second kappa shape index (κ2) is 7.85. The molecule has 156 valence electrons. The molecule has 0 spiro atoms. The molecule has 3 N–H and O–H groups in total. The number of anilines is 1. The van der Waals surface area contributed by atoms with Gasteiger partial charge in [-0.2, -0.15) is 4.98 Å². The molecule has 2 aromatic heterocycles. The molecule has 7 heteroatoms. The molecule has 1 aliphatic rings. The maximum Gasteiger partial charge on any atom is 0.249 e. The Morgan fingerprint density at radius 3 is 2.71 bits per heavy atom. The normalized spacial score (nSPS) is 13.8. The number of aryl methyl sites for hydroxylation is 1. The van der Waals surface area contributed by atoms with E-state index in [0.717, 1.165) is 28.0 Å². The first-order chi connectivity index (χ1) is 15.1. The first kappa shape index (κ1) is 19.3. The zero-order chi connectivity index (χ0) is 21.4. The van der Waals surface area contributed by atoms with E-state index in [1.807, 2.05) is 54.1 Å². The molecule has 1 saturated heterocycles. The molecule has 0 saturated carbocycles. The Morgan fingerprint density at radius 2 is 2.00 bits per heavy atom. The number of rotatable bonds is 6. The summed E-state index contributed by atoms with van der Waals surface area (Å²) in [6.07, 6.45) is 1.88. The summed E-state index contributed by atoms with van der Waals surface area (Å²) in [5, 5.41) is 4.28. The quantitative estimate of drug-likeness (QED) is 0.504. The molecule has 4 aromatic rings. The number of benzene rings is 2. The monoisotopic (exact) mass is 413 g/mol. The molecule has 1 amide bonds. The molecule has 2 aromatic carbocycles. The molecule has 1 fully saturated rings. The van der Waals surface area contributed by atoms with Gasteiger partial charge in [-0.3, -0.25) is 9.36 Å². The number of nitrogens with one attached hydrogen (secondary N) is 1. The van der Waals surface area contributed by atoms with Gasteiger partial charge in [-0.15, -0.1) is 0 Å². The minimum Gasteiger partial charge on any atom is -0.380 e. The Labute approximate surface area is 179 Å². The lowest BCUT2D eigenvalue weighted by Gasteiger charge is -2.28. The van der Waals surface area contributed by atoms with Crippen LogP contribution in [0, 0.1) is 6.92 Å². The van der Waals surface area contributed by atoms with Gasteiger partial charge in [0.2, 0.25) is 11.9 Å². The lowest BCUT2D eigenvalue weighted by Crippen LogP contribution is -2.27. The number of primary amides is 1. The summed E-state index contributed by atoms with van der Waals surface area (Å²) in [5.41, 5.74) is 10.1. The zero-order valence-corrected chi connectivity index (χ0v) is 17.2. The summed E-state index contributed by atoms with van der Waals surface area (Å²) in [4.78, 5) is 21.4. The second-order valence-corrected chi connectivity index (χ2v) is 7.77. The predicted octanol–water partition coefficient (Wildman–Crippen LogP) is 3.55. The number of ether oxygens (including phenoxy) is 1. The number of amides is 1. The third kappa shape index (κ3) is 3.53. The van der Waals surface area contributed by atoms with Crippen LogP contribution in [0.15, 0.2) is 60.8 Å². The lowest BCUT2D eigenvalue weighted by molar-refractivity contribution is 0.00843. The van der Waals surface area contributed by atoms with Crippen molar-refractivity contribution in [1.29, 1.82) is 0 Å². The van der Waals surface area contributed by atoms with Gasteiger partial charge in [0.15, 0.2) is 0 Å². The van der Waals surface area contributed by atoms with Gasteiger partial charge in [0.05, 0.1) is 18.7 Å². The highest BCUT2D eigenvalue weighted by Crippen LogP contribution is 2.31. The third-order valence-corrected chi connectivity index (χ3v) is 5.68. The summed E-state index contributed by atoms with van der Waals surface area (Å²) in [5.74, 6) is 1.19. The summed E-state index contributed by atoms with van der Waals surface area (Å²) >= 11 is 0. The predicted molar refractivity (Wildman–Crippen MR) is 119 cm³/mol. The van der Waals surface area contributed by atoms with Gasteiger partial charge in [0, 0.05) is 40.9 Å². The first-order valence-corrected chi connectivity index (χ1v) is 10.3. The van der Waals surface area contributed by atoms with Crippen LogP contribution >= 0.6 is 0 Å². The fourth-order valence-electron chi connectivity index (χ4n) is 3.97. The smallest absolute Gasteiger partial charge is 0.249 e. The number of hydrogen-bond acceptors (Lipinski definition) is 5. The number of carbonyl (C=O) groups excluding carboxylic acids is 1. The number of hydrogen-bond donors (Lipinski definition) is 2. The number of carbonyl (C=O) groups is 1. The number of fused-ring (bicyclic) bond motifs is 1. The van der Waals surface area contributed by atoms with Crippen molar-refractivity contribution >= 4 is 22.6 Å². The Hall–Kier alpha value is -3.71. The minimum atomic E-state index is -0.450. The van der Waals surface area contributed by atoms with Crippen LogP contribution < -0.4 is 11.1 Å². The zero-order valence-electron chi connectivity index (χ0n) is 17.2. The van der Waals surface area contributed by atoms with Gasteiger partial charge < -0.3 is 15.8 Å². The molecule has 0 atom stereocenters. The average Bonchev–Trinajstić information content (AvgIpc) is 3.08. The van der Waals surface area contributed by atoms with Crippen LogP contribution in [0.3, 0.4) is 0 Å². The van der Waals surface area contributed by atoms with Crippen molar-refractivity contribution in [3.05, 3.63) is 83.2 Å². The summed E-state index contributed by atoms with van der Waals surface area (Å²) in [7, 11) is 0. The first-order valence-electron chi connectivity index (χ1n) is 10.3. The number of nitrogens with zero attached hydrogens (tertiary/aromatic N) is 3. The molecule has 1 aliphatic heterocycles. The van der Waals surface area contributed by atoms with Gasteiger partial charge in [0.25, 0.3) is 0 Å². The maximum absolute atomic E-state index is 11.9. The van der Waals surface area contributed by atoms with Crippen molar-refractivity contribution in [2.45, 2.75) is 19.4 Å². The largest absolute Gasteiger partial charge is 0.380 e. The summed E-state index contributed by atoms with van der Waals surface area (Å²) < 4.78 is 7.34. The van der Waals surface area contributed by atoms with E-state index >= 15 is 0 Å². The lowest BCUT2D eigenvalue weighted by atomic mass is 9.99. The van der Waals surface area contributed by atoms with Gasteiger partial charge >= 0.3 is 0 Å². The van der Waals surface area contributed by atoms with Crippen molar-refractivity contribution in [3.63, 3.8) is 0 Å². The highest BCUT2D eigenvalue weighted by Gasteiger charge is 2.25. The Balaban J connectivity index is 1.58. The number of nitrogens with two attached hydrogens (primary N) is 1. The van der Waals surface area contributed by atoms with E-state index < -0.39 is 5.91 Å². The number of aromatic nitrogens is 3. The van der Waals surface area contributed by atoms with Crippen LogP contribution in [0.25, 0.3) is 16.9 Å². The van der Waals surface area contributed by atoms with Crippen LogP contribution in [0.5, 0.6) is 0 Å². The third-order valence-electron chi connectivity index (χ3n) is 5.68. The van der Waals surface area contributed by atoms with E-state index in [4.69, 9.17) is 15.5 Å². The molecule has 0 unspecified atom stereocenters. The van der Waals surface area contributed by atoms with E-state index in [9.17, 15) is 4.79 Å². The maximum atomic E-state index is 11.9. The van der Waals surface area contributed by atoms with Crippen molar-refractivity contribution in [3.8, 4) is 5.95 Å². The Bertz CT molecular complexity index is 1260. The van der Waals surface area contributed by atoms with Gasteiger partial charge in [-0.05, 0) is 30.7 Å². The highest BCUT2D eigenvalue weighted by molar-refractivity contribution is 6.06. The van der Waals surface area contributed by atoms with Gasteiger partial charge in [-0.25, -0.2) is 4.98 Å². The fraction of sp³-hybridized carbons (Fsp3) is 0.208. The van der Waals surface area contributed by atoms with Crippen molar-refractivity contribution < 1.29 is 9.53 Å². The SMILES string of the molecule is Cc1cc2c(C(N)=O)cccc2n1-c1ncc(C2COC2)c(NCc2ccccc2)n1. The van der Waals surface area contributed by atoms with Crippen LogP contribution in [0.1, 0.15) is 33.1 Å². The van der Waals surface area contributed by atoms with E-state index in [0.29, 0.717) is 31.3 Å². The fourth-order valence-corrected chi connectivity index (χ4v) is 3.97. The highest BCUT2D eigenvalue weighted by atomic mass is 16.5. The van der Waals surface area contributed by atoms with Crippen LogP contribution in [0.4, 0.5) is 5.82 Å². The molecule has 7 nitrogen and oxygen atoms in total. The Kier molecular flexibility index (Phi) is 4.88. The summed E-state index contributed by atoms with van der Waals surface area (Å²) in [6.45, 7) is 3.99. The molecule has 3 heterocycles. The standard InChI is InChI=1S/C24H23N5O2/c1-15-10-19-18(22(25)30)8-5-9-21(19)29(15)24-27-12-20(17-13-31-14-17)23(28-24)26-11-16-6-3-2-4-7-16/h2-10,12,17H,11,13-14H2,1H3,(H2,25,30)(H,26,27,28). The molecule has 0 bridgehead atoms. The van der Waals surface area contributed by atoms with Gasteiger partial charge in [-0.1, -0.05) is 36.4 Å². The van der Waals surface area contributed by atoms with Crippen LogP contribution in [-0.4, -0.2) is 33.7 Å². The molecule has 0 radical (unpaired) electrons. The summed E-state index contributed by atoms with van der Waals surface area (Å²) in [6, 6.07) is 17.7. The molecular formula is C24H23N5O2. The molecule has 5 rings (SSSR count). The van der Waals surface area contributed by atoms with E-state index in [2.05, 4.69) is 22.4 Å². The Morgan fingerprint density at radius 1 is 1.19 bits per heavy atom. The molecule has 31 heavy (non-hydrogen) atoms. The average molecular weight is 413 g/mol. The van der Waals surface area contributed by atoms with Gasteiger partial charge in [0.1, 0.15) is 5.82 Å². The topological polar surface area (TPSA) is 95.1 Å². The second-order valence-electron chi connectivity index (χ2n) is 7.77. The van der Waals surface area contributed by atoms with Crippen LogP contribution in [0.2, 0.25) is 0 Å². The molecule has 0 aliphatic carbocycles. The molecular weight excluding hydrogens is 390 g/mol. The van der Waals surface area contributed by atoms with E-state index in [-0.39, 0.29) is 5.92 Å². The van der Waals surface area contributed by atoms with Crippen molar-refractivity contribution in [2.24, 2.45) is 5.73 Å².